The first-order valence-corrected chi connectivity index (χ1v) is 9.91. The highest BCUT2D eigenvalue weighted by Crippen LogP contribution is 2.18. The van der Waals surface area contributed by atoms with E-state index in [9.17, 15) is 13.2 Å². The number of aryl methyl sites for hydroxylation is 2. The first-order chi connectivity index (χ1) is 11.8. The number of hydrogen-bond donors (Lipinski definition) is 1. The molecule has 8 heteroatoms. The molecule has 1 atom stereocenters. The molecule has 136 valence electrons. The lowest BCUT2D eigenvalue weighted by Crippen LogP contribution is -2.43. The van der Waals surface area contributed by atoms with E-state index in [0.29, 0.717) is 18.7 Å². The number of hydrogen-bond acceptors (Lipinski definition) is 4. The van der Waals surface area contributed by atoms with E-state index < -0.39 is 10.0 Å². The standard InChI is InChI=1S/C17H24N4O3S/c1-14-6-4-7-16(12-14)21(25(3,23)24)13-17(22)19-15(2)8-11-20-10-5-9-18-20/h4-7,9-10,12,15H,8,11,13H2,1-3H3,(H,19,22)/t15-/m1/s1. The van der Waals surface area contributed by atoms with Crippen molar-refractivity contribution >= 4 is 21.6 Å². The van der Waals surface area contributed by atoms with Gasteiger partial charge in [-0.2, -0.15) is 5.10 Å². The zero-order valence-corrected chi connectivity index (χ0v) is 15.5. The molecule has 0 unspecified atom stereocenters. The van der Waals surface area contributed by atoms with Gasteiger partial charge < -0.3 is 5.32 Å². The molecule has 0 spiro atoms. The number of carbonyl (C=O) groups is 1. The van der Waals surface area contributed by atoms with Gasteiger partial charge in [-0.15, -0.1) is 0 Å². The van der Waals surface area contributed by atoms with Gasteiger partial charge in [0.1, 0.15) is 6.54 Å². The van der Waals surface area contributed by atoms with Gasteiger partial charge in [-0.25, -0.2) is 8.42 Å². The minimum absolute atomic E-state index is 0.0874. The van der Waals surface area contributed by atoms with E-state index in [-0.39, 0.29) is 18.5 Å². The Hall–Kier alpha value is -2.35. The lowest BCUT2D eigenvalue weighted by molar-refractivity contribution is -0.120. The largest absolute Gasteiger partial charge is 0.352 e. The molecule has 2 aromatic rings. The third kappa shape index (κ3) is 5.90. The van der Waals surface area contributed by atoms with Crippen molar-refractivity contribution in [1.29, 1.82) is 0 Å². The predicted octanol–water partition coefficient (Wildman–Crippen LogP) is 1.55. The molecule has 0 aliphatic rings. The number of nitrogens with zero attached hydrogens (tertiary/aromatic N) is 3. The maximum absolute atomic E-state index is 12.3. The van der Waals surface area contributed by atoms with E-state index in [1.807, 2.05) is 32.2 Å². The maximum Gasteiger partial charge on any atom is 0.240 e. The second-order valence-corrected chi connectivity index (χ2v) is 8.04. The number of carbonyl (C=O) groups excluding carboxylic acids is 1. The first kappa shape index (κ1) is 19.0. The number of nitrogens with one attached hydrogen (secondary N) is 1. The van der Waals surface area contributed by atoms with Crippen LogP contribution in [-0.2, 0) is 21.4 Å². The minimum Gasteiger partial charge on any atom is -0.352 e. The van der Waals surface area contributed by atoms with E-state index in [1.54, 1.807) is 29.1 Å². The van der Waals surface area contributed by atoms with Gasteiger partial charge in [0.15, 0.2) is 0 Å². The molecule has 0 aliphatic carbocycles. The summed E-state index contributed by atoms with van der Waals surface area (Å²) in [5, 5.41) is 6.96. The van der Waals surface area contributed by atoms with Gasteiger partial charge in [0.05, 0.1) is 11.9 Å². The topological polar surface area (TPSA) is 84.3 Å². The van der Waals surface area contributed by atoms with Crippen LogP contribution in [0, 0.1) is 6.92 Å². The molecule has 1 amide bonds. The van der Waals surface area contributed by atoms with Gasteiger partial charge in [0.25, 0.3) is 0 Å². The molecule has 1 aromatic heterocycles. The monoisotopic (exact) mass is 364 g/mol. The van der Waals surface area contributed by atoms with Gasteiger partial charge in [-0.05, 0) is 44.0 Å². The van der Waals surface area contributed by atoms with Gasteiger partial charge in [0, 0.05) is 25.0 Å². The van der Waals surface area contributed by atoms with Crippen molar-refractivity contribution in [2.75, 3.05) is 17.1 Å². The van der Waals surface area contributed by atoms with E-state index in [0.717, 1.165) is 16.1 Å². The van der Waals surface area contributed by atoms with Crippen LogP contribution in [0.3, 0.4) is 0 Å². The van der Waals surface area contributed by atoms with Crippen molar-refractivity contribution in [3.05, 3.63) is 48.3 Å². The Morgan fingerprint density at radius 2 is 2.12 bits per heavy atom. The van der Waals surface area contributed by atoms with Crippen LogP contribution in [0.25, 0.3) is 0 Å². The van der Waals surface area contributed by atoms with Crippen molar-refractivity contribution in [1.82, 2.24) is 15.1 Å². The molecule has 0 radical (unpaired) electrons. The molecule has 2 rings (SSSR count). The molecule has 7 nitrogen and oxygen atoms in total. The molecule has 1 N–H and O–H groups in total. The number of sulfonamides is 1. The zero-order chi connectivity index (χ0) is 18.4. The molecule has 0 saturated heterocycles. The Bertz CT molecular complexity index is 803. The highest BCUT2D eigenvalue weighted by Gasteiger charge is 2.21. The Morgan fingerprint density at radius 3 is 2.72 bits per heavy atom. The normalized spacial score (nSPS) is 12.6. The summed E-state index contributed by atoms with van der Waals surface area (Å²) in [6.45, 7) is 4.21. The summed E-state index contributed by atoms with van der Waals surface area (Å²) < 4.78 is 27.1. The predicted molar refractivity (Wildman–Crippen MR) is 97.8 cm³/mol. The Balaban J connectivity index is 1.97. The second kappa shape index (κ2) is 8.15. The Labute approximate surface area is 148 Å². The van der Waals surface area contributed by atoms with E-state index in [1.165, 1.54) is 0 Å². The van der Waals surface area contributed by atoms with Gasteiger partial charge in [-0.3, -0.25) is 13.8 Å². The van der Waals surface area contributed by atoms with Crippen LogP contribution >= 0.6 is 0 Å². The number of benzene rings is 1. The summed E-state index contributed by atoms with van der Waals surface area (Å²) in [7, 11) is -3.55. The third-order valence-corrected chi connectivity index (χ3v) is 4.88. The fourth-order valence-electron chi connectivity index (χ4n) is 2.46. The highest BCUT2D eigenvalue weighted by atomic mass is 32.2. The van der Waals surface area contributed by atoms with E-state index in [2.05, 4.69) is 10.4 Å². The number of anilines is 1. The molecule has 1 aromatic carbocycles. The van der Waals surface area contributed by atoms with Crippen molar-refractivity contribution in [3.8, 4) is 0 Å². The lowest BCUT2D eigenvalue weighted by atomic mass is 10.2. The second-order valence-electron chi connectivity index (χ2n) is 6.14. The summed E-state index contributed by atoms with van der Waals surface area (Å²) in [4.78, 5) is 12.3. The van der Waals surface area contributed by atoms with Crippen LogP contribution < -0.4 is 9.62 Å². The molecule has 0 aliphatic heterocycles. The SMILES string of the molecule is Cc1cccc(N(CC(=O)N[C@H](C)CCn2cccn2)S(C)(=O)=O)c1. The van der Waals surface area contributed by atoms with Crippen LogP contribution in [0.1, 0.15) is 18.9 Å². The molecule has 0 fully saturated rings. The van der Waals surface area contributed by atoms with Crippen LogP contribution in [-0.4, -0.2) is 42.9 Å². The van der Waals surface area contributed by atoms with Crippen LogP contribution in [0.2, 0.25) is 0 Å². The van der Waals surface area contributed by atoms with Crippen LogP contribution in [0.15, 0.2) is 42.7 Å². The molecule has 0 saturated carbocycles. The van der Waals surface area contributed by atoms with Crippen molar-refractivity contribution in [3.63, 3.8) is 0 Å². The molecular formula is C17H24N4O3S. The molecular weight excluding hydrogens is 340 g/mol. The lowest BCUT2D eigenvalue weighted by Gasteiger charge is -2.23. The quantitative estimate of drug-likeness (QED) is 0.770. The van der Waals surface area contributed by atoms with Crippen LogP contribution in [0.5, 0.6) is 0 Å². The average molecular weight is 364 g/mol. The first-order valence-electron chi connectivity index (χ1n) is 8.07. The van der Waals surface area contributed by atoms with Crippen LogP contribution in [0.4, 0.5) is 5.69 Å². The molecule has 0 bridgehead atoms. The Morgan fingerprint density at radius 1 is 1.36 bits per heavy atom. The molecule has 25 heavy (non-hydrogen) atoms. The van der Waals surface area contributed by atoms with Crippen molar-refractivity contribution in [2.24, 2.45) is 0 Å². The Kier molecular flexibility index (Phi) is 6.19. The number of aromatic nitrogens is 2. The zero-order valence-electron chi connectivity index (χ0n) is 14.7. The summed E-state index contributed by atoms with van der Waals surface area (Å²) in [6, 6.07) is 8.83. The van der Waals surface area contributed by atoms with Gasteiger partial charge in [-0.1, -0.05) is 12.1 Å². The smallest absolute Gasteiger partial charge is 0.240 e. The summed E-state index contributed by atoms with van der Waals surface area (Å²) in [5.41, 5.74) is 1.42. The third-order valence-electron chi connectivity index (χ3n) is 3.73. The highest BCUT2D eigenvalue weighted by molar-refractivity contribution is 7.92. The number of rotatable bonds is 8. The summed E-state index contributed by atoms with van der Waals surface area (Å²) in [6.07, 6.45) is 5.37. The van der Waals surface area contributed by atoms with Crippen molar-refractivity contribution < 1.29 is 13.2 Å². The maximum atomic E-state index is 12.3. The fraction of sp³-hybridized carbons (Fsp3) is 0.412. The fourth-order valence-corrected chi connectivity index (χ4v) is 3.31. The van der Waals surface area contributed by atoms with Gasteiger partial charge >= 0.3 is 0 Å². The average Bonchev–Trinajstić information content (AvgIpc) is 3.03. The summed E-state index contributed by atoms with van der Waals surface area (Å²) >= 11 is 0. The van der Waals surface area contributed by atoms with E-state index >= 15 is 0 Å². The molecule has 1 heterocycles. The van der Waals surface area contributed by atoms with Gasteiger partial charge in [0.2, 0.25) is 15.9 Å². The summed E-state index contributed by atoms with van der Waals surface area (Å²) in [5.74, 6) is -0.333. The van der Waals surface area contributed by atoms with Crippen molar-refractivity contribution in [2.45, 2.75) is 32.9 Å². The minimum atomic E-state index is -3.55. The number of amides is 1. The van der Waals surface area contributed by atoms with E-state index in [4.69, 9.17) is 0 Å².